The maximum atomic E-state index is 12.0. The van der Waals surface area contributed by atoms with Crippen molar-refractivity contribution in [1.82, 2.24) is 5.32 Å². The minimum absolute atomic E-state index is 0.112. The van der Waals surface area contributed by atoms with Crippen LogP contribution in [0.25, 0.3) is 0 Å². The van der Waals surface area contributed by atoms with Crippen LogP contribution >= 0.6 is 11.6 Å². The minimum atomic E-state index is -0.359. The first kappa shape index (κ1) is 17.1. The molecule has 0 heterocycles. The Hall–Kier alpha value is -1.95. The number of carbonyl (C=O) groups excluding carboxylic acids is 2. The summed E-state index contributed by atoms with van der Waals surface area (Å²) in [5, 5.41) is 2.88. The average Bonchev–Trinajstić information content (AvgIpc) is 2.46. The van der Waals surface area contributed by atoms with Crippen LogP contribution in [0.2, 0.25) is 5.02 Å². The predicted octanol–water partition coefficient (Wildman–Crippen LogP) is 2.04. The number of rotatable bonds is 7. The van der Waals surface area contributed by atoms with Crippen LogP contribution in [0.4, 0.5) is 0 Å². The number of halogens is 1. The summed E-state index contributed by atoms with van der Waals surface area (Å²) in [6.45, 7) is 2.23. The molecule has 0 bridgehead atoms. The largest absolute Gasteiger partial charge is 0.493 e. The van der Waals surface area contributed by atoms with Gasteiger partial charge < -0.3 is 19.5 Å². The fraction of sp³-hybridized carbons (Fsp3) is 0.429. The smallest absolute Gasteiger partial charge is 0.307 e. The van der Waals surface area contributed by atoms with Crippen LogP contribution < -0.4 is 14.8 Å². The SMILES string of the molecule is CCOC(=O)CCNC(=O)c1cc(Cl)c(OC)c(OC)c1. The lowest BCUT2D eigenvalue weighted by atomic mass is 10.2. The van der Waals surface area contributed by atoms with E-state index in [2.05, 4.69) is 5.32 Å². The van der Waals surface area contributed by atoms with Gasteiger partial charge in [-0.3, -0.25) is 9.59 Å². The van der Waals surface area contributed by atoms with Crippen LogP contribution in [0.3, 0.4) is 0 Å². The molecule has 0 unspecified atom stereocenters. The number of ether oxygens (including phenoxy) is 3. The maximum absolute atomic E-state index is 12.0. The summed E-state index contributed by atoms with van der Waals surface area (Å²) in [4.78, 5) is 23.2. The summed E-state index contributed by atoms with van der Waals surface area (Å²) in [7, 11) is 2.92. The lowest BCUT2D eigenvalue weighted by Crippen LogP contribution is -2.26. The van der Waals surface area contributed by atoms with Gasteiger partial charge in [0.25, 0.3) is 5.91 Å². The molecule has 0 aliphatic heterocycles. The molecule has 1 rings (SSSR count). The van der Waals surface area contributed by atoms with Crippen molar-refractivity contribution in [3.8, 4) is 11.5 Å². The Labute approximate surface area is 128 Å². The summed E-state index contributed by atoms with van der Waals surface area (Å²) in [6.07, 6.45) is 0.112. The molecule has 21 heavy (non-hydrogen) atoms. The van der Waals surface area contributed by atoms with Gasteiger partial charge in [-0.1, -0.05) is 11.6 Å². The first-order chi connectivity index (χ1) is 10.0. The van der Waals surface area contributed by atoms with E-state index in [4.69, 9.17) is 25.8 Å². The lowest BCUT2D eigenvalue weighted by Gasteiger charge is -2.11. The second-order valence-electron chi connectivity index (χ2n) is 4.00. The van der Waals surface area contributed by atoms with Crippen molar-refractivity contribution >= 4 is 23.5 Å². The van der Waals surface area contributed by atoms with Crippen LogP contribution in [0.15, 0.2) is 12.1 Å². The zero-order chi connectivity index (χ0) is 15.8. The summed E-state index contributed by atoms with van der Waals surface area (Å²) >= 11 is 6.02. The Balaban J connectivity index is 2.70. The Morgan fingerprint density at radius 3 is 2.52 bits per heavy atom. The number of nitrogens with one attached hydrogen (secondary N) is 1. The van der Waals surface area contributed by atoms with Crippen LogP contribution in [0.5, 0.6) is 11.5 Å². The van der Waals surface area contributed by atoms with E-state index in [0.717, 1.165) is 0 Å². The lowest BCUT2D eigenvalue weighted by molar-refractivity contribution is -0.142. The van der Waals surface area contributed by atoms with Crippen molar-refractivity contribution in [3.05, 3.63) is 22.7 Å². The molecule has 1 N–H and O–H groups in total. The summed E-state index contributed by atoms with van der Waals surface area (Å²) < 4.78 is 15.0. The highest BCUT2D eigenvalue weighted by Gasteiger charge is 2.15. The quantitative estimate of drug-likeness (QED) is 0.779. The number of amides is 1. The molecule has 0 spiro atoms. The summed E-state index contributed by atoms with van der Waals surface area (Å²) in [6, 6.07) is 2.99. The zero-order valence-corrected chi connectivity index (χ0v) is 13.0. The third kappa shape index (κ3) is 4.82. The van der Waals surface area contributed by atoms with Crippen molar-refractivity contribution < 1.29 is 23.8 Å². The number of methoxy groups -OCH3 is 2. The second kappa shape index (κ2) is 8.36. The second-order valence-corrected chi connectivity index (χ2v) is 4.41. The third-order valence-corrected chi connectivity index (χ3v) is 2.90. The number of benzene rings is 1. The highest BCUT2D eigenvalue weighted by molar-refractivity contribution is 6.32. The Bertz CT molecular complexity index is 518. The van der Waals surface area contributed by atoms with Crippen molar-refractivity contribution in [2.24, 2.45) is 0 Å². The van der Waals surface area contributed by atoms with Crippen LogP contribution in [-0.2, 0) is 9.53 Å². The van der Waals surface area contributed by atoms with Crippen molar-refractivity contribution in [2.45, 2.75) is 13.3 Å². The molecule has 0 aliphatic rings. The van der Waals surface area contributed by atoms with Gasteiger partial charge in [-0.05, 0) is 19.1 Å². The third-order valence-electron chi connectivity index (χ3n) is 2.62. The van der Waals surface area contributed by atoms with Gasteiger partial charge in [-0.2, -0.15) is 0 Å². The minimum Gasteiger partial charge on any atom is -0.493 e. The topological polar surface area (TPSA) is 73.9 Å². The molecule has 116 valence electrons. The highest BCUT2D eigenvalue weighted by Crippen LogP contribution is 2.35. The molecule has 6 nitrogen and oxygen atoms in total. The molecular weight excluding hydrogens is 298 g/mol. The number of hydrogen-bond acceptors (Lipinski definition) is 5. The van der Waals surface area contributed by atoms with E-state index in [1.807, 2.05) is 0 Å². The van der Waals surface area contributed by atoms with Crippen LogP contribution in [-0.4, -0.2) is 39.2 Å². The van der Waals surface area contributed by atoms with Crippen LogP contribution in [0.1, 0.15) is 23.7 Å². The Morgan fingerprint density at radius 1 is 1.24 bits per heavy atom. The Kier molecular flexibility index (Phi) is 6.81. The van der Waals surface area contributed by atoms with Gasteiger partial charge in [0.15, 0.2) is 11.5 Å². The van der Waals surface area contributed by atoms with Gasteiger partial charge in [0.05, 0.1) is 32.3 Å². The molecule has 0 radical (unpaired) electrons. The normalized spacial score (nSPS) is 9.90. The fourth-order valence-corrected chi connectivity index (χ4v) is 1.95. The monoisotopic (exact) mass is 315 g/mol. The van der Waals surface area contributed by atoms with Gasteiger partial charge in [0.1, 0.15) is 0 Å². The molecule has 1 amide bonds. The summed E-state index contributed by atoms with van der Waals surface area (Å²) in [5.41, 5.74) is 0.321. The van der Waals surface area contributed by atoms with E-state index >= 15 is 0 Å². The van der Waals surface area contributed by atoms with Crippen molar-refractivity contribution in [2.75, 3.05) is 27.4 Å². The van der Waals surface area contributed by atoms with E-state index < -0.39 is 0 Å². The first-order valence-electron chi connectivity index (χ1n) is 6.38. The van der Waals surface area contributed by atoms with E-state index in [-0.39, 0.29) is 29.9 Å². The highest BCUT2D eigenvalue weighted by atomic mass is 35.5. The first-order valence-corrected chi connectivity index (χ1v) is 6.76. The Morgan fingerprint density at radius 2 is 1.95 bits per heavy atom. The average molecular weight is 316 g/mol. The maximum Gasteiger partial charge on any atom is 0.307 e. The molecule has 0 saturated carbocycles. The molecule has 0 atom stereocenters. The fourth-order valence-electron chi connectivity index (χ4n) is 1.66. The number of carbonyl (C=O) groups is 2. The molecule has 1 aromatic carbocycles. The number of esters is 1. The van der Waals surface area contributed by atoms with Gasteiger partial charge >= 0.3 is 5.97 Å². The molecule has 0 fully saturated rings. The van der Waals surface area contributed by atoms with E-state index in [9.17, 15) is 9.59 Å². The molecule has 0 saturated heterocycles. The van der Waals surface area contributed by atoms with E-state index in [1.165, 1.54) is 26.4 Å². The van der Waals surface area contributed by atoms with Gasteiger partial charge in [0, 0.05) is 12.1 Å². The van der Waals surface area contributed by atoms with E-state index in [0.29, 0.717) is 23.7 Å². The van der Waals surface area contributed by atoms with Gasteiger partial charge in [-0.15, -0.1) is 0 Å². The molecular formula is C14H18ClNO5. The molecule has 1 aromatic rings. The van der Waals surface area contributed by atoms with Gasteiger partial charge in [0.2, 0.25) is 0 Å². The standard InChI is InChI=1S/C14H18ClNO5/c1-4-21-12(17)5-6-16-14(18)9-7-10(15)13(20-3)11(8-9)19-2/h7-8H,4-6H2,1-3H3,(H,16,18). The van der Waals surface area contributed by atoms with Crippen molar-refractivity contribution in [1.29, 1.82) is 0 Å². The van der Waals surface area contributed by atoms with Crippen molar-refractivity contribution in [3.63, 3.8) is 0 Å². The molecule has 7 heteroatoms. The molecule has 0 aromatic heterocycles. The molecule has 0 aliphatic carbocycles. The predicted molar refractivity (Wildman–Crippen MR) is 78.1 cm³/mol. The van der Waals surface area contributed by atoms with Crippen LogP contribution in [0, 0.1) is 0 Å². The zero-order valence-electron chi connectivity index (χ0n) is 12.2. The van der Waals surface area contributed by atoms with E-state index in [1.54, 1.807) is 6.92 Å². The van der Waals surface area contributed by atoms with Gasteiger partial charge in [-0.25, -0.2) is 0 Å². The number of hydrogen-bond donors (Lipinski definition) is 1. The summed E-state index contributed by atoms with van der Waals surface area (Å²) in [5.74, 6) is 0.00748.